The standard InChI is InChI=1S/C5H8O3.C4H10O/c1-2-3-8-5(7)4-6;1-3-5-4-2/h2,6H,1,3-4H2;3-4H2,1-2H3. The van der Waals surface area contributed by atoms with Crippen LogP contribution in [0, 0.1) is 0 Å². The van der Waals surface area contributed by atoms with Gasteiger partial charge < -0.3 is 14.6 Å². The van der Waals surface area contributed by atoms with Crippen LogP contribution in [0.4, 0.5) is 0 Å². The van der Waals surface area contributed by atoms with Gasteiger partial charge in [-0.3, -0.25) is 0 Å². The quantitative estimate of drug-likeness (QED) is 0.513. The van der Waals surface area contributed by atoms with Crippen LogP contribution in [0.25, 0.3) is 0 Å². The summed E-state index contributed by atoms with van der Waals surface area (Å²) in [7, 11) is 0. The normalized spacial score (nSPS) is 8.23. The lowest BCUT2D eigenvalue weighted by atomic mass is 10.7. The number of carbonyl (C=O) groups excluding carboxylic acids is 1. The summed E-state index contributed by atoms with van der Waals surface area (Å²) in [5.74, 6) is -0.620. The summed E-state index contributed by atoms with van der Waals surface area (Å²) in [6.07, 6.45) is 1.44. The van der Waals surface area contributed by atoms with E-state index in [0.717, 1.165) is 13.2 Å². The Morgan fingerprint density at radius 3 is 2.23 bits per heavy atom. The first-order chi connectivity index (χ1) is 6.22. The summed E-state index contributed by atoms with van der Waals surface area (Å²) in [6.45, 7) is 8.58. The molecule has 0 aromatic rings. The van der Waals surface area contributed by atoms with E-state index < -0.39 is 12.6 Å². The number of hydrogen-bond donors (Lipinski definition) is 1. The summed E-state index contributed by atoms with van der Waals surface area (Å²) in [5, 5.41) is 8.05. The van der Waals surface area contributed by atoms with Crippen LogP contribution >= 0.6 is 0 Å². The molecule has 0 atom stereocenters. The number of ether oxygens (including phenoxy) is 2. The van der Waals surface area contributed by atoms with Gasteiger partial charge in [0.2, 0.25) is 0 Å². The Hall–Kier alpha value is -0.870. The topological polar surface area (TPSA) is 55.8 Å². The summed E-state index contributed by atoms with van der Waals surface area (Å²) >= 11 is 0. The van der Waals surface area contributed by atoms with Crippen LogP contribution in [0.5, 0.6) is 0 Å². The number of hydrogen-bond acceptors (Lipinski definition) is 4. The average Bonchev–Trinajstić information content (AvgIpc) is 2.16. The molecule has 0 bridgehead atoms. The molecule has 0 amide bonds. The van der Waals surface area contributed by atoms with Gasteiger partial charge in [-0.15, -0.1) is 0 Å². The van der Waals surface area contributed by atoms with Gasteiger partial charge in [0, 0.05) is 13.2 Å². The van der Waals surface area contributed by atoms with Crippen molar-refractivity contribution in [3.8, 4) is 0 Å². The molecule has 0 aromatic heterocycles. The van der Waals surface area contributed by atoms with E-state index in [1.807, 2.05) is 13.8 Å². The van der Waals surface area contributed by atoms with Crippen LogP contribution in [-0.4, -0.2) is 37.5 Å². The van der Waals surface area contributed by atoms with Crippen molar-refractivity contribution < 1.29 is 19.4 Å². The third kappa shape index (κ3) is 18.2. The van der Waals surface area contributed by atoms with Crippen LogP contribution in [-0.2, 0) is 14.3 Å². The lowest BCUT2D eigenvalue weighted by molar-refractivity contribution is -0.145. The molecule has 0 aliphatic rings. The zero-order valence-electron chi connectivity index (χ0n) is 8.28. The van der Waals surface area contributed by atoms with E-state index in [1.54, 1.807) is 0 Å². The van der Waals surface area contributed by atoms with Crippen LogP contribution < -0.4 is 0 Å². The molecular formula is C9H18O4. The second-order valence-corrected chi connectivity index (χ2v) is 1.91. The zero-order valence-corrected chi connectivity index (χ0v) is 8.28. The molecule has 0 spiro atoms. The fraction of sp³-hybridized carbons (Fsp3) is 0.667. The molecule has 0 saturated heterocycles. The number of aliphatic hydroxyl groups is 1. The second kappa shape index (κ2) is 13.7. The Bertz CT molecular complexity index is 121. The predicted molar refractivity (Wildman–Crippen MR) is 50.4 cm³/mol. The Kier molecular flexibility index (Phi) is 15.4. The maximum absolute atomic E-state index is 10.1. The monoisotopic (exact) mass is 190 g/mol. The number of rotatable bonds is 5. The highest BCUT2D eigenvalue weighted by atomic mass is 16.5. The van der Waals surface area contributed by atoms with E-state index in [2.05, 4.69) is 11.3 Å². The minimum Gasteiger partial charge on any atom is -0.460 e. The minimum absolute atomic E-state index is 0.166. The Balaban J connectivity index is 0. The Morgan fingerprint density at radius 1 is 1.46 bits per heavy atom. The third-order valence-corrected chi connectivity index (χ3v) is 0.900. The minimum atomic E-state index is -0.620. The van der Waals surface area contributed by atoms with Gasteiger partial charge in [0.1, 0.15) is 13.2 Å². The van der Waals surface area contributed by atoms with E-state index >= 15 is 0 Å². The summed E-state index contributed by atoms with van der Waals surface area (Å²) in [5.41, 5.74) is 0. The van der Waals surface area contributed by atoms with Crippen LogP contribution in [0.15, 0.2) is 12.7 Å². The van der Waals surface area contributed by atoms with Gasteiger partial charge in [0.25, 0.3) is 0 Å². The van der Waals surface area contributed by atoms with Crippen molar-refractivity contribution in [2.24, 2.45) is 0 Å². The predicted octanol–water partition coefficient (Wildman–Crippen LogP) is 0.751. The first kappa shape index (κ1) is 14.6. The molecule has 0 aliphatic carbocycles. The maximum atomic E-state index is 10.1. The smallest absolute Gasteiger partial charge is 0.332 e. The van der Waals surface area contributed by atoms with Crippen molar-refractivity contribution in [2.45, 2.75) is 13.8 Å². The molecule has 13 heavy (non-hydrogen) atoms. The molecular weight excluding hydrogens is 172 g/mol. The zero-order chi connectivity index (χ0) is 10.5. The van der Waals surface area contributed by atoms with Crippen LogP contribution in [0.2, 0.25) is 0 Å². The van der Waals surface area contributed by atoms with E-state index in [-0.39, 0.29) is 6.61 Å². The molecule has 4 heteroatoms. The lowest BCUT2D eigenvalue weighted by Gasteiger charge is -1.94. The first-order valence-electron chi connectivity index (χ1n) is 4.17. The van der Waals surface area contributed by atoms with Gasteiger partial charge in [-0.25, -0.2) is 4.79 Å². The van der Waals surface area contributed by atoms with Crippen LogP contribution in [0.3, 0.4) is 0 Å². The highest BCUT2D eigenvalue weighted by molar-refractivity contribution is 5.70. The van der Waals surface area contributed by atoms with E-state index in [0.29, 0.717) is 0 Å². The molecule has 0 unspecified atom stereocenters. The van der Waals surface area contributed by atoms with Gasteiger partial charge in [-0.2, -0.15) is 0 Å². The van der Waals surface area contributed by atoms with Crippen molar-refractivity contribution in [2.75, 3.05) is 26.4 Å². The van der Waals surface area contributed by atoms with Crippen molar-refractivity contribution in [3.05, 3.63) is 12.7 Å². The largest absolute Gasteiger partial charge is 0.460 e. The third-order valence-electron chi connectivity index (χ3n) is 0.900. The van der Waals surface area contributed by atoms with Crippen LogP contribution in [0.1, 0.15) is 13.8 Å². The highest BCUT2D eigenvalue weighted by Crippen LogP contribution is 1.74. The molecule has 1 N–H and O–H groups in total. The van der Waals surface area contributed by atoms with Crippen molar-refractivity contribution >= 4 is 5.97 Å². The fourth-order valence-corrected chi connectivity index (χ4v) is 0.402. The highest BCUT2D eigenvalue weighted by Gasteiger charge is 1.93. The lowest BCUT2D eigenvalue weighted by Crippen LogP contribution is -2.08. The van der Waals surface area contributed by atoms with Gasteiger partial charge in [-0.1, -0.05) is 12.7 Å². The number of esters is 1. The van der Waals surface area contributed by atoms with Crippen molar-refractivity contribution in [1.29, 1.82) is 0 Å². The first-order valence-corrected chi connectivity index (χ1v) is 4.17. The SMILES string of the molecule is C=CCOC(=O)CO.CCOCC. The number of carbonyl (C=O) groups is 1. The Morgan fingerprint density at radius 2 is 2.00 bits per heavy atom. The molecule has 0 heterocycles. The van der Waals surface area contributed by atoms with Gasteiger partial charge in [0.05, 0.1) is 0 Å². The van der Waals surface area contributed by atoms with E-state index in [4.69, 9.17) is 9.84 Å². The van der Waals surface area contributed by atoms with Gasteiger partial charge in [0.15, 0.2) is 0 Å². The van der Waals surface area contributed by atoms with Crippen molar-refractivity contribution in [1.82, 2.24) is 0 Å². The van der Waals surface area contributed by atoms with Gasteiger partial charge in [-0.05, 0) is 13.8 Å². The summed E-state index contributed by atoms with van der Waals surface area (Å²) in [6, 6.07) is 0. The summed E-state index contributed by atoms with van der Waals surface area (Å²) in [4.78, 5) is 10.1. The molecule has 4 nitrogen and oxygen atoms in total. The van der Waals surface area contributed by atoms with Crippen molar-refractivity contribution in [3.63, 3.8) is 0 Å². The molecule has 78 valence electrons. The molecule has 0 aliphatic heterocycles. The fourth-order valence-electron chi connectivity index (χ4n) is 0.402. The second-order valence-electron chi connectivity index (χ2n) is 1.91. The number of aliphatic hydroxyl groups excluding tert-OH is 1. The Labute approximate surface area is 79.2 Å². The molecule has 0 fully saturated rings. The van der Waals surface area contributed by atoms with E-state index in [1.165, 1.54) is 6.08 Å². The van der Waals surface area contributed by atoms with Gasteiger partial charge >= 0.3 is 5.97 Å². The molecule has 0 radical (unpaired) electrons. The van der Waals surface area contributed by atoms with E-state index in [9.17, 15) is 4.79 Å². The molecule has 0 aromatic carbocycles. The maximum Gasteiger partial charge on any atom is 0.332 e. The molecule has 0 rings (SSSR count). The average molecular weight is 190 g/mol. The summed E-state index contributed by atoms with van der Waals surface area (Å²) < 4.78 is 9.17. The molecule has 0 saturated carbocycles.